The molecule has 1 aliphatic carbocycles. The van der Waals surface area contributed by atoms with E-state index in [2.05, 4.69) is 72.5 Å². The molecule has 1 heterocycles. The van der Waals surface area contributed by atoms with Gasteiger partial charge in [0.25, 0.3) is 0 Å². The highest BCUT2D eigenvalue weighted by atomic mass is 79.9. The van der Waals surface area contributed by atoms with Gasteiger partial charge in [-0.3, -0.25) is 0 Å². The molecule has 0 spiro atoms. The van der Waals surface area contributed by atoms with E-state index < -0.39 is 0 Å². The highest BCUT2D eigenvalue weighted by Gasteiger charge is 2.33. The van der Waals surface area contributed by atoms with E-state index in [-0.39, 0.29) is 11.5 Å². The summed E-state index contributed by atoms with van der Waals surface area (Å²) in [6, 6.07) is 8.98. The standard InChI is InChI=1S/C18H23BrN2/c1-11-5-6-13(8-15(11)19)21-12(2)7-14-16(20)9-18(3,4)10-17(14)21/h5-8,16H,9-10,20H2,1-4H3. The Morgan fingerprint density at radius 1 is 1.24 bits per heavy atom. The normalized spacial score (nSPS) is 20.4. The lowest BCUT2D eigenvalue weighted by Gasteiger charge is -2.34. The third-order valence-corrected chi connectivity index (χ3v) is 5.41. The van der Waals surface area contributed by atoms with Gasteiger partial charge < -0.3 is 10.3 Å². The van der Waals surface area contributed by atoms with Crippen molar-refractivity contribution in [1.29, 1.82) is 0 Å². The first-order valence-corrected chi connectivity index (χ1v) is 8.31. The summed E-state index contributed by atoms with van der Waals surface area (Å²) in [7, 11) is 0. The molecule has 0 aliphatic heterocycles. The van der Waals surface area contributed by atoms with Crippen LogP contribution in [0.4, 0.5) is 0 Å². The average Bonchev–Trinajstić information content (AvgIpc) is 2.68. The van der Waals surface area contributed by atoms with E-state index >= 15 is 0 Å². The zero-order valence-electron chi connectivity index (χ0n) is 13.2. The van der Waals surface area contributed by atoms with Crippen LogP contribution in [0.2, 0.25) is 0 Å². The molecule has 0 fully saturated rings. The van der Waals surface area contributed by atoms with E-state index in [9.17, 15) is 0 Å². The molecule has 2 aromatic rings. The molecular formula is C18H23BrN2. The maximum absolute atomic E-state index is 6.41. The predicted octanol–water partition coefficient (Wildman–Crippen LogP) is 4.83. The molecule has 0 saturated carbocycles. The molecule has 1 unspecified atom stereocenters. The summed E-state index contributed by atoms with van der Waals surface area (Å²) >= 11 is 3.65. The highest BCUT2D eigenvalue weighted by molar-refractivity contribution is 9.10. The lowest BCUT2D eigenvalue weighted by molar-refractivity contribution is 0.278. The molecule has 0 bridgehead atoms. The van der Waals surface area contributed by atoms with Crippen LogP contribution in [0.25, 0.3) is 5.69 Å². The van der Waals surface area contributed by atoms with Crippen LogP contribution in [-0.2, 0) is 6.42 Å². The number of benzene rings is 1. The Kier molecular flexibility index (Phi) is 3.53. The van der Waals surface area contributed by atoms with Crippen molar-refractivity contribution in [3.63, 3.8) is 0 Å². The monoisotopic (exact) mass is 346 g/mol. The van der Waals surface area contributed by atoms with Gasteiger partial charge in [0.15, 0.2) is 0 Å². The second-order valence-electron chi connectivity index (χ2n) is 7.11. The maximum Gasteiger partial charge on any atom is 0.0466 e. The van der Waals surface area contributed by atoms with E-state index in [4.69, 9.17) is 5.73 Å². The molecule has 3 rings (SSSR count). The van der Waals surface area contributed by atoms with Gasteiger partial charge in [0, 0.05) is 27.6 Å². The quantitative estimate of drug-likeness (QED) is 0.787. The fourth-order valence-corrected chi connectivity index (χ4v) is 3.89. The molecular weight excluding hydrogens is 324 g/mol. The Morgan fingerprint density at radius 3 is 2.62 bits per heavy atom. The zero-order valence-corrected chi connectivity index (χ0v) is 14.8. The number of rotatable bonds is 1. The summed E-state index contributed by atoms with van der Waals surface area (Å²) in [6.07, 6.45) is 2.14. The number of halogens is 1. The minimum atomic E-state index is 0.151. The fraction of sp³-hybridized carbons (Fsp3) is 0.444. The van der Waals surface area contributed by atoms with Crippen LogP contribution in [0.15, 0.2) is 28.7 Å². The molecule has 0 saturated heterocycles. The van der Waals surface area contributed by atoms with Crippen molar-refractivity contribution < 1.29 is 0 Å². The van der Waals surface area contributed by atoms with Crippen molar-refractivity contribution in [1.82, 2.24) is 4.57 Å². The number of nitrogens with two attached hydrogens (primary N) is 1. The Bertz CT molecular complexity index is 697. The maximum atomic E-state index is 6.41. The molecule has 2 nitrogen and oxygen atoms in total. The number of fused-ring (bicyclic) bond motifs is 1. The van der Waals surface area contributed by atoms with Crippen LogP contribution in [0.3, 0.4) is 0 Å². The summed E-state index contributed by atoms with van der Waals surface area (Å²) < 4.78 is 3.53. The molecule has 0 amide bonds. The van der Waals surface area contributed by atoms with Crippen molar-refractivity contribution in [2.75, 3.05) is 0 Å². The first kappa shape index (κ1) is 14.9. The highest BCUT2D eigenvalue weighted by Crippen LogP contribution is 2.42. The molecule has 1 aromatic heterocycles. The predicted molar refractivity (Wildman–Crippen MR) is 92.0 cm³/mol. The lowest BCUT2D eigenvalue weighted by Crippen LogP contribution is -2.30. The van der Waals surface area contributed by atoms with Gasteiger partial charge in [0.1, 0.15) is 0 Å². The third-order valence-electron chi connectivity index (χ3n) is 4.55. The third kappa shape index (κ3) is 2.58. The molecule has 21 heavy (non-hydrogen) atoms. The van der Waals surface area contributed by atoms with Crippen LogP contribution in [0.5, 0.6) is 0 Å². The second kappa shape index (κ2) is 4.99. The van der Waals surface area contributed by atoms with Crippen LogP contribution < -0.4 is 5.73 Å². The Hall–Kier alpha value is -1.06. The van der Waals surface area contributed by atoms with Gasteiger partial charge in [0.05, 0.1) is 0 Å². The number of aryl methyl sites for hydroxylation is 2. The number of hydrogen-bond donors (Lipinski definition) is 1. The first-order valence-electron chi connectivity index (χ1n) is 7.52. The molecule has 112 valence electrons. The van der Waals surface area contributed by atoms with Crippen molar-refractivity contribution in [3.05, 3.63) is 51.3 Å². The number of hydrogen-bond acceptors (Lipinski definition) is 1. The van der Waals surface area contributed by atoms with Gasteiger partial charge >= 0.3 is 0 Å². The van der Waals surface area contributed by atoms with E-state index in [1.807, 2.05) is 0 Å². The Labute approximate surface area is 135 Å². The van der Waals surface area contributed by atoms with Crippen LogP contribution in [-0.4, -0.2) is 4.57 Å². The Balaban J connectivity index is 2.18. The largest absolute Gasteiger partial charge is 0.324 e. The van der Waals surface area contributed by atoms with Gasteiger partial charge in [-0.2, -0.15) is 0 Å². The van der Waals surface area contributed by atoms with Crippen LogP contribution >= 0.6 is 15.9 Å². The number of nitrogens with zero attached hydrogens (tertiary/aromatic N) is 1. The molecule has 2 N–H and O–H groups in total. The van der Waals surface area contributed by atoms with E-state index in [0.29, 0.717) is 0 Å². The van der Waals surface area contributed by atoms with Crippen molar-refractivity contribution >= 4 is 15.9 Å². The summed E-state index contributed by atoms with van der Waals surface area (Å²) in [5, 5.41) is 0. The minimum Gasteiger partial charge on any atom is -0.324 e. The molecule has 1 aliphatic rings. The topological polar surface area (TPSA) is 30.9 Å². The minimum absolute atomic E-state index is 0.151. The molecule has 1 aromatic carbocycles. The van der Waals surface area contributed by atoms with E-state index in [1.165, 1.54) is 28.2 Å². The number of aromatic nitrogens is 1. The fourth-order valence-electron chi connectivity index (χ4n) is 3.53. The smallest absolute Gasteiger partial charge is 0.0466 e. The van der Waals surface area contributed by atoms with Crippen LogP contribution in [0.1, 0.15) is 48.8 Å². The van der Waals surface area contributed by atoms with Gasteiger partial charge in [-0.25, -0.2) is 0 Å². The Morgan fingerprint density at radius 2 is 1.95 bits per heavy atom. The molecule has 0 radical (unpaired) electrons. The summed E-state index contributed by atoms with van der Waals surface area (Å²) in [6.45, 7) is 8.91. The summed E-state index contributed by atoms with van der Waals surface area (Å²) in [5.41, 5.74) is 13.1. The zero-order chi connectivity index (χ0) is 15.4. The van der Waals surface area contributed by atoms with Crippen molar-refractivity contribution in [2.45, 2.75) is 46.6 Å². The summed E-state index contributed by atoms with van der Waals surface area (Å²) in [4.78, 5) is 0. The summed E-state index contributed by atoms with van der Waals surface area (Å²) in [5.74, 6) is 0. The SMILES string of the molecule is Cc1ccc(-n2c(C)cc3c2CC(C)(C)CC3N)cc1Br. The van der Waals surface area contributed by atoms with Crippen molar-refractivity contribution in [2.24, 2.45) is 11.1 Å². The molecule has 3 heteroatoms. The lowest BCUT2D eigenvalue weighted by atomic mass is 9.74. The van der Waals surface area contributed by atoms with Crippen LogP contribution in [0, 0.1) is 19.3 Å². The van der Waals surface area contributed by atoms with E-state index in [1.54, 1.807) is 0 Å². The van der Waals surface area contributed by atoms with Gasteiger partial charge in [0.2, 0.25) is 0 Å². The van der Waals surface area contributed by atoms with Gasteiger partial charge in [-0.05, 0) is 61.4 Å². The first-order chi connectivity index (χ1) is 9.78. The average molecular weight is 347 g/mol. The van der Waals surface area contributed by atoms with Crippen molar-refractivity contribution in [3.8, 4) is 5.69 Å². The van der Waals surface area contributed by atoms with E-state index in [0.717, 1.165) is 17.3 Å². The van der Waals surface area contributed by atoms with Gasteiger partial charge in [-0.1, -0.05) is 35.8 Å². The van der Waals surface area contributed by atoms with Gasteiger partial charge in [-0.15, -0.1) is 0 Å². The second-order valence-corrected chi connectivity index (χ2v) is 7.96. The molecule has 1 atom stereocenters.